The molecule has 1 N–H and O–H groups in total. The Hall–Kier alpha value is -3.92. The van der Waals surface area contributed by atoms with Gasteiger partial charge in [0.05, 0.1) is 24.1 Å². The van der Waals surface area contributed by atoms with Crippen molar-refractivity contribution in [1.82, 2.24) is 4.90 Å². The molecule has 7 heteroatoms. The number of ether oxygens (including phenoxy) is 1. The van der Waals surface area contributed by atoms with Gasteiger partial charge in [-0.3, -0.25) is 14.4 Å². The quantitative estimate of drug-likeness (QED) is 0.793. The van der Waals surface area contributed by atoms with Crippen molar-refractivity contribution < 1.29 is 19.1 Å². The third kappa shape index (κ3) is 4.87. The summed E-state index contributed by atoms with van der Waals surface area (Å²) in [5.41, 5.74) is 2.63. The van der Waals surface area contributed by atoms with Crippen LogP contribution in [0.5, 0.6) is 0 Å². The van der Waals surface area contributed by atoms with Crippen molar-refractivity contribution in [3.63, 3.8) is 0 Å². The summed E-state index contributed by atoms with van der Waals surface area (Å²) in [5, 5.41) is 11.5. The van der Waals surface area contributed by atoms with Crippen LogP contribution in [0.4, 0.5) is 5.69 Å². The Kier molecular flexibility index (Phi) is 6.05. The van der Waals surface area contributed by atoms with E-state index in [1.54, 1.807) is 24.4 Å². The van der Waals surface area contributed by atoms with Gasteiger partial charge in [0.1, 0.15) is 0 Å². The predicted octanol–water partition coefficient (Wildman–Crippen LogP) is 3.00. The number of anilines is 1. The van der Waals surface area contributed by atoms with Gasteiger partial charge in [-0.15, -0.1) is 0 Å². The first-order chi connectivity index (χ1) is 14.0. The second-order valence-corrected chi connectivity index (χ2v) is 6.49. The molecule has 0 aliphatic carbocycles. The Morgan fingerprint density at radius 1 is 1.17 bits per heavy atom. The lowest BCUT2D eigenvalue weighted by molar-refractivity contribution is -0.149. The molecule has 3 rings (SSSR count). The smallest absolute Gasteiger partial charge is 0.308 e. The minimum atomic E-state index is -0.590. The number of esters is 1. The van der Waals surface area contributed by atoms with E-state index in [0.717, 1.165) is 11.1 Å². The van der Waals surface area contributed by atoms with E-state index >= 15 is 0 Å². The molecule has 0 aromatic heterocycles. The topological polar surface area (TPSA) is 99.5 Å². The van der Waals surface area contributed by atoms with Crippen LogP contribution in [0, 0.1) is 11.3 Å². The van der Waals surface area contributed by atoms with Gasteiger partial charge >= 0.3 is 5.97 Å². The first kappa shape index (κ1) is 19.8. The number of benzene rings is 2. The zero-order valence-corrected chi connectivity index (χ0v) is 15.8. The third-order valence-electron chi connectivity index (χ3n) is 4.47. The maximum Gasteiger partial charge on any atom is 0.308 e. The molecule has 0 radical (unpaired) electrons. The van der Waals surface area contributed by atoms with Crippen LogP contribution in [0.15, 0.2) is 54.7 Å². The maximum atomic E-state index is 12.3. The fourth-order valence-electron chi connectivity index (χ4n) is 3.14. The van der Waals surface area contributed by atoms with Crippen molar-refractivity contribution >= 4 is 29.5 Å². The lowest BCUT2D eigenvalue weighted by atomic mass is 9.94. The summed E-state index contributed by atoms with van der Waals surface area (Å²) in [6.45, 7) is 0.972. The minimum Gasteiger partial charge on any atom is -0.455 e. The molecule has 146 valence electrons. The normalized spacial score (nSPS) is 14.5. The van der Waals surface area contributed by atoms with E-state index in [9.17, 15) is 14.4 Å². The van der Waals surface area contributed by atoms with Crippen LogP contribution in [0.25, 0.3) is 6.08 Å². The molecule has 0 spiro atoms. The Morgan fingerprint density at radius 2 is 1.97 bits per heavy atom. The molecule has 0 unspecified atom stereocenters. The highest BCUT2D eigenvalue weighted by Gasteiger charge is 2.28. The highest BCUT2D eigenvalue weighted by Crippen LogP contribution is 2.33. The summed E-state index contributed by atoms with van der Waals surface area (Å²) >= 11 is 0. The van der Waals surface area contributed by atoms with E-state index in [0.29, 0.717) is 11.3 Å². The first-order valence-corrected chi connectivity index (χ1v) is 8.99. The molecule has 2 aromatic carbocycles. The monoisotopic (exact) mass is 389 g/mol. The molecular formula is C22H19N3O4. The van der Waals surface area contributed by atoms with Crippen LogP contribution >= 0.6 is 0 Å². The number of hydrogen-bond donors (Lipinski definition) is 1. The van der Waals surface area contributed by atoms with Gasteiger partial charge in [0.25, 0.3) is 5.91 Å². The summed E-state index contributed by atoms with van der Waals surface area (Å²) in [4.78, 5) is 37.8. The van der Waals surface area contributed by atoms with Crippen molar-refractivity contribution in [2.75, 3.05) is 11.9 Å². The molecule has 29 heavy (non-hydrogen) atoms. The molecule has 2 aromatic rings. The minimum absolute atomic E-state index is 0.0713. The number of nitrogens with zero attached hydrogens (tertiary/aromatic N) is 2. The van der Waals surface area contributed by atoms with Crippen LogP contribution in [0.2, 0.25) is 0 Å². The van der Waals surface area contributed by atoms with Crippen LogP contribution in [0.1, 0.15) is 36.1 Å². The SMILES string of the molecule is CC(=O)N1C=Cc2ccccc2[C@@H]1CC(=O)OCC(=O)Nc1cccc(C#N)c1. The molecule has 1 heterocycles. The van der Waals surface area contributed by atoms with Gasteiger partial charge in [0.15, 0.2) is 6.61 Å². The van der Waals surface area contributed by atoms with Gasteiger partial charge in [0, 0.05) is 18.8 Å². The summed E-state index contributed by atoms with van der Waals surface area (Å²) in [6.07, 6.45) is 3.40. The average Bonchev–Trinajstić information content (AvgIpc) is 2.72. The van der Waals surface area contributed by atoms with Gasteiger partial charge in [-0.05, 0) is 35.4 Å². The second kappa shape index (κ2) is 8.85. The Bertz CT molecular complexity index is 1020. The Balaban J connectivity index is 1.60. The average molecular weight is 389 g/mol. The van der Waals surface area contributed by atoms with Crippen LogP contribution in [0.3, 0.4) is 0 Å². The lowest BCUT2D eigenvalue weighted by Crippen LogP contribution is -2.33. The summed E-state index contributed by atoms with van der Waals surface area (Å²) in [5.74, 6) is -1.29. The summed E-state index contributed by atoms with van der Waals surface area (Å²) in [6, 6.07) is 15.4. The molecular weight excluding hydrogens is 370 g/mol. The van der Waals surface area contributed by atoms with Gasteiger partial charge < -0.3 is 15.0 Å². The van der Waals surface area contributed by atoms with Crippen molar-refractivity contribution in [3.8, 4) is 6.07 Å². The van der Waals surface area contributed by atoms with Crippen LogP contribution in [-0.2, 0) is 19.1 Å². The summed E-state index contributed by atoms with van der Waals surface area (Å²) in [7, 11) is 0. The standard InChI is InChI=1S/C22H19N3O4/c1-15(26)25-10-9-17-6-2-3-8-19(17)20(25)12-22(28)29-14-21(27)24-18-7-4-5-16(11-18)13-23/h2-11,20H,12,14H2,1H3,(H,24,27)/t20-/m0/s1. The van der Waals surface area contributed by atoms with Crippen molar-refractivity contribution in [2.24, 2.45) is 0 Å². The molecule has 0 saturated carbocycles. The third-order valence-corrected chi connectivity index (χ3v) is 4.47. The fourth-order valence-corrected chi connectivity index (χ4v) is 3.14. The highest BCUT2D eigenvalue weighted by molar-refractivity contribution is 5.93. The largest absolute Gasteiger partial charge is 0.455 e. The molecule has 7 nitrogen and oxygen atoms in total. The summed E-state index contributed by atoms with van der Waals surface area (Å²) < 4.78 is 5.10. The molecule has 0 bridgehead atoms. The number of hydrogen-bond acceptors (Lipinski definition) is 5. The molecule has 2 amide bonds. The highest BCUT2D eigenvalue weighted by atomic mass is 16.5. The van der Waals surface area contributed by atoms with Gasteiger partial charge in [-0.2, -0.15) is 5.26 Å². The zero-order valence-electron chi connectivity index (χ0n) is 15.8. The van der Waals surface area contributed by atoms with Crippen molar-refractivity contribution in [2.45, 2.75) is 19.4 Å². The molecule has 1 aliphatic heterocycles. The van der Waals surface area contributed by atoms with Gasteiger partial charge in [-0.1, -0.05) is 30.3 Å². The van der Waals surface area contributed by atoms with Gasteiger partial charge in [-0.25, -0.2) is 0 Å². The van der Waals surface area contributed by atoms with Crippen molar-refractivity contribution in [3.05, 3.63) is 71.4 Å². The molecule has 0 fully saturated rings. The Labute approximate surface area is 168 Å². The number of nitrogens with one attached hydrogen (secondary N) is 1. The number of amides is 2. The van der Waals surface area contributed by atoms with E-state index in [4.69, 9.17) is 10.00 Å². The Morgan fingerprint density at radius 3 is 2.72 bits per heavy atom. The molecule has 1 aliphatic rings. The predicted molar refractivity (Wildman–Crippen MR) is 106 cm³/mol. The fraction of sp³-hybridized carbons (Fsp3) is 0.182. The number of carbonyl (C=O) groups is 3. The van der Waals surface area contributed by atoms with Crippen LogP contribution < -0.4 is 5.32 Å². The number of nitriles is 1. The first-order valence-electron chi connectivity index (χ1n) is 8.99. The van der Waals surface area contributed by atoms with Gasteiger partial charge in [0.2, 0.25) is 5.91 Å². The number of rotatable bonds is 5. The lowest BCUT2D eigenvalue weighted by Gasteiger charge is -2.32. The van der Waals surface area contributed by atoms with Crippen LogP contribution in [-0.4, -0.2) is 29.3 Å². The molecule has 1 atom stereocenters. The van der Waals surface area contributed by atoms with E-state index in [1.165, 1.54) is 17.9 Å². The van der Waals surface area contributed by atoms with E-state index < -0.39 is 24.5 Å². The maximum absolute atomic E-state index is 12.3. The van der Waals surface area contributed by atoms with E-state index in [2.05, 4.69) is 5.32 Å². The zero-order chi connectivity index (χ0) is 20.8. The number of fused-ring (bicyclic) bond motifs is 1. The van der Waals surface area contributed by atoms with E-state index in [-0.39, 0.29) is 12.3 Å². The number of carbonyl (C=O) groups excluding carboxylic acids is 3. The van der Waals surface area contributed by atoms with Crippen molar-refractivity contribution in [1.29, 1.82) is 5.26 Å². The second-order valence-electron chi connectivity index (χ2n) is 6.49. The molecule has 0 saturated heterocycles. The van der Waals surface area contributed by atoms with E-state index in [1.807, 2.05) is 36.4 Å².